The summed E-state index contributed by atoms with van der Waals surface area (Å²) in [7, 11) is 2.06. The van der Waals surface area contributed by atoms with Gasteiger partial charge in [0, 0.05) is 31.7 Å². The molecule has 3 nitrogen and oxygen atoms in total. The Bertz CT molecular complexity index is 496. The van der Waals surface area contributed by atoms with Gasteiger partial charge in [-0.25, -0.2) is 0 Å². The summed E-state index contributed by atoms with van der Waals surface area (Å²) < 4.78 is 0. The molecule has 0 saturated carbocycles. The van der Waals surface area contributed by atoms with E-state index < -0.39 is 0 Å². The predicted octanol–water partition coefficient (Wildman–Crippen LogP) is 3.16. The molecule has 0 aliphatic carbocycles. The van der Waals surface area contributed by atoms with Gasteiger partial charge in [0.15, 0.2) is 0 Å². The van der Waals surface area contributed by atoms with Gasteiger partial charge in [0.2, 0.25) is 0 Å². The zero-order chi connectivity index (χ0) is 13.7. The van der Waals surface area contributed by atoms with Gasteiger partial charge in [-0.3, -0.25) is 4.98 Å². The highest BCUT2D eigenvalue weighted by Gasteiger charge is 2.06. The van der Waals surface area contributed by atoms with Gasteiger partial charge in [0.25, 0.3) is 0 Å². The number of aromatic nitrogens is 1. The Balaban J connectivity index is 2.05. The number of benzene rings is 1. The Hall–Kier alpha value is -1.87. The molecule has 1 aromatic carbocycles. The first-order chi connectivity index (χ1) is 9.20. The monoisotopic (exact) mass is 256 g/mol. The minimum atomic E-state index is -0.362. The van der Waals surface area contributed by atoms with E-state index in [2.05, 4.69) is 29.1 Å². The Labute approximate surface area is 114 Å². The van der Waals surface area contributed by atoms with Crippen LogP contribution in [0, 0.1) is 0 Å². The van der Waals surface area contributed by atoms with Gasteiger partial charge < -0.3 is 10.0 Å². The SMILES string of the molecule is CC[C@@H](O)c1ccc(N(C)Cc2ccncc2)cc1. The van der Waals surface area contributed by atoms with Crippen LogP contribution in [0.4, 0.5) is 5.69 Å². The third kappa shape index (κ3) is 3.55. The fraction of sp³-hybridized carbons (Fsp3) is 0.312. The van der Waals surface area contributed by atoms with Gasteiger partial charge in [0.1, 0.15) is 0 Å². The summed E-state index contributed by atoms with van der Waals surface area (Å²) >= 11 is 0. The van der Waals surface area contributed by atoms with E-state index in [4.69, 9.17) is 0 Å². The van der Waals surface area contributed by atoms with Crippen molar-refractivity contribution in [3.63, 3.8) is 0 Å². The van der Waals surface area contributed by atoms with Crippen molar-refractivity contribution < 1.29 is 5.11 Å². The molecule has 2 rings (SSSR count). The third-order valence-electron chi connectivity index (χ3n) is 3.27. The lowest BCUT2D eigenvalue weighted by atomic mass is 10.1. The van der Waals surface area contributed by atoms with Crippen LogP contribution in [-0.2, 0) is 6.54 Å². The molecule has 0 unspecified atom stereocenters. The van der Waals surface area contributed by atoms with Gasteiger partial charge in [0.05, 0.1) is 6.10 Å². The van der Waals surface area contributed by atoms with Crippen LogP contribution in [0.2, 0.25) is 0 Å². The molecule has 0 aliphatic heterocycles. The van der Waals surface area contributed by atoms with Gasteiger partial charge in [-0.05, 0) is 41.8 Å². The predicted molar refractivity (Wildman–Crippen MR) is 78.0 cm³/mol. The fourth-order valence-corrected chi connectivity index (χ4v) is 2.04. The molecule has 2 aromatic rings. The van der Waals surface area contributed by atoms with Crippen LogP contribution in [0.3, 0.4) is 0 Å². The summed E-state index contributed by atoms with van der Waals surface area (Å²) in [6.07, 6.45) is 4.00. The topological polar surface area (TPSA) is 36.4 Å². The Morgan fingerprint density at radius 1 is 1.11 bits per heavy atom. The Morgan fingerprint density at radius 2 is 1.74 bits per heavy atom. The first kappa shape index (κ1) is 13.6. The fourth-order valence-electron chi connectivity index (χ4n) is 2.04. The van der Waals surface area contributed by atoms with E-state index in [1.807, 2.05) is 43.6 Å². The number of anilines is 1. The lowest BCUT2D eigenvalue weighted by Gasteiger charge is -2.20. The largest absolute Gasteiger partial charge is 0.388 e. The molecule has 0 radical (unpaired) electrons. The number of rotatable bonds is 5. The van der Waals surface area contributed by atoms with E-state index in [9.17, 15) is 5.11 Å². The first-order valence-electron chi connectivity index (χ1n) is 6.58. The quantitative estimate of drug-likeness (QED) is 0.892. The van der Waals surface area contributed by atoms with Crippen molar-refractivity contribution in [2.45, 2.75) is 26.0 Å². The number of pyridine rings is 1. The molecule has 3 heteroatoms. The van der Waals surface area contributed by atoms with E-state index in [1.165, 1.54) is 5.56 Å². The van der Waals surface area contributed by atoms with E-state index >= 15 is 0 Å². The minimum Gasteiger partial charge on any atom is -0.388 e. The van der Waals surface area contributed by atoms with Crippen molar-refractivity contribution in [3.8, 4) is 0 Å². The summed E-state index contributed by atoms with van der Waals surface area (Å²) in [6.45, 7) is 2.83. The Kier molecular flexibility index (Phi) is 4.53. The van der Waals surface area contributed by atoms with Gasteiger partial charge in [-0.15, -0.1) is 0 Å². The molecule has 1 aromatic heterocycles. The average molecular weight is 256 g/mol. The summed E-state index contributed by atoms with van der Waals surface area (Å²) in [5.74, 6) is 0. The van der Waals surface area contributed by atoms with Crippen molar-refractivity contribution in [1.82, 2.24) is 4.98 Å². The van der Waals surface area contributed by atoms with Gasteiger partial charge in [-0.1, -0.05) is 19.1 Å². The average Bonchev–Trinajstić information content (AvgIpc) is 2.47. The summed E-state index contributed by atoms with van der Waals surface area (Å²) in [5, 5.41) is 9.77. The summed E-state index contributed by atoms with van der Waals surface area (Å²) in [6, 6.07) is 12.1. The molecule has 0 amide bonds. The molecular formula is C16H20N2O. The van der Waals surface area contributed by atoms with Crippen molar-refractivity contribution in [2.24, 2.45) is 0 Å². The summed E-state index contributed by atoms with van der Waals surface area (Å²) in [4.78, 5) is 6.20. The first-order valence-corrected chi connectivity index (χ1v) is 6.58. The van der Waals surface area contributed by atoms with Crippen molar-refractivity contribution in [3.05, 3.63) is 59.9 Å². The zero-order valence-electron chi connectivity index (χ0n) is 11.5. The number of hydrogen-bond donors (Lipinski definition) is 1. The maximum Gasteiger partial charge on any atom is 0.0787 e. The molecule has 19 heavy (non-hydrogen) atoms. The second-order valence-corrected chi connectivity index (χ2v) is 4.73. The van der Waals surface area contributed by atoms with Gasteiger partial charge in [-0.2, -0.15) is 0 Å². The number of aliphatic hydroxyl groups is 1. The van der Waals surface area contributed by atoms with Crippen LogP contribution >= 0.6 is 0 Å². The molecule has 0 saturated heterocycles. The molecule has 1 heterocycles. The third-order valence-corrected chi connectivity index (χ3v) is 3.27. The lowest BCUT2D eigenvalue weighted by molar-refractivity contribution is 0.173. The number of aliphatic hydroxyl groups excluding tert-OH is 1. The zero-order valence-corrected chi connectivity index (χ0v) is 11.5. The van der Waals surface area contributed by atoms with E-state index in [0.717, 1.165) is 24.2 Å². The highest BCUT2D eigenvalue weighted by Crippen LogP contribution is 2.21. The molecule has 0 bridgehead atoms. The van der Waals surface area contributed by atoms with Crippen LogP contribution in [0.15, 0.2) is 48.8 Å². The second-order valence-electron chi connectivity index (χ2n) is 4.73. The normalized spacial score (nSPS) is 12.2. The molecular weight excluding hydrogens is 236 g/mol. The standard InChI is InChI=1S/C16H20N2O/c1-3-16(19)14-4-6-15(7-5-14)18(2)12-13-8-10-17-11-9-13/h4-11,16,19H,3,12H2,1-2H3/t16-/m1/s1. The number of nitrogens with zero attached hydrogens (tertiary/aromatic N) is 2. The molecule has 0 spiro atoms. The molecule has 1 N–H and O–H groups in total. The summed E-state index contributed by atoms with van der Waals surface area (Å²) in [5.41, 5.74) is 3.35. The van der Waals surface area contributed by atoms with E-state index in [1.54, 1.807) is 0 Å². The van der Waals surface area contributed by atoms with Crippen LogP contribution in [0.25, 0.3) is 0 Å². The molecule has 1 atom stereocenters. The smallest absolute Gasteiger partial charge is 0.0787 e. The number of hydrogen-bond acceptors (Lipinski definition) is 3. The highest BCUT2D eigenvalue weighted by molar-refractivity contribution is 5.47. The van der Waals surface area contributed by atoms with Crippen LogP contribution < -0.4 is 4.90 Å². The minimum absolute atomic E-state index is 0.362. The van der Waals surface area contributed by atoms with Crippen molar-refractivity contribution in [1.29, 1.82) is 0 Å². The molecule has 0 aliphatic rings. The van der Waals surface area contributed by atoms with E-state index in [0.29, 0.717) is 0 Å². The maximum atomic E-state index is 9.77. The van der Waals surface area contributed by atoms with Crippen LogP contribution in [-0.4, -0.2) is 17.1 Å². The maximum absolute atomic E-state index is 9.77. The Morgan fingerprint density at radius 3 is 2.32 bits per heavy atom. The van der Waals surface area contributed by atoms with Crippen molar-refractivity contribution >= 4 is 5.69 Å². The lowest BCUT2D eigenvalue weighted by Crippen LogP contribution is -2.16. The van der Waals surface area contributed by atoms with Crippen LogP contribution in [0.1, 0.15) is 30.6 Å². The molecule has 100 valence electrons. The second kappa shape index (κ2) is 6.34. The van der Waals surface area contributed by atoms with Crippen molar-refractivity contribution in [2.75, 3.05) is 11.9 Å². The van der Waals surface area contributed by atoms with Crippen LogP contribution in [0.5, 0.6) is 0 Å². The highest BCUT2D eigenvalue weighted by atomic mass is 16.3. The van der Waals surface area contributed by atoms with Gasteiger partial charge >= 0.3 is 0 Å². The van der Waals surface area contributed by atoms with E-state index in [-0.39, 0.29) is 6.10 Å². The molecule has 0 fully saturated rings.